The smallest absolute Gasteiger partial charge is 0.330 e. The van der Waals surface area contributed by atoms with E-state index in [9.17, 15) is 4.79 Å². The Kier molecular flexibility index (Phi) is 3.96. The second-order valence-corrected chi connectivity index (χ2v) is 3.14. The summed E-state index contributed by atoms with van der Waals surface area (Å²) in [5.41, 5.74) is 0.968. The lowest BCUT2D eigenvalue weighted by atomic mass is 10.1. The number of rotatable bonds is 3. The topological polar surface area (TPSA) is 35.5 Å². The highest BCUT2D eigenvalue weighted by molar-refractivity contribution is 5.82. The van der Waals surface area contributed by atoms with E-state index >= 15 is 0 Å². The summed E-state index contributed by atoms with van der Waals surface area (Å²) in [6, 6.07) is 0. The minimum Gasteiger partial charge on any atom is -0.463 e. The van der Waals surface area contributed by atoms with Crippen molar-refractivity contribution in [2.24, 2.45) is 0 Å². The van der Waals surface area contributed by atoms with E-state index in [1.54, 1.807) is 6.92 Å². The van der Waals surface area contributed by atoms with Crippen LogP contribution in [0.3, 0.4) is 0 Å². The van der Waals surface area contributed by atoms with Crippen molar-refractivity contribution in [2.75, 3.05) is 13.2 Å². The van der Waals surface area contributed by atoms with Gasteiger partial charge in [-0.25, -0.2) is 4.79 Å². The highest BCUT2D eigenvalue weighted by Crippen LogP contribution is 2.19. The molecule has 1 rings (SSSR count). The average molecular weight is 184 g/mol. The van der Waals surface area contributed by atoms with Gasteiger partial charge >= 0.3 is 5.97 Å². The first-order chi connectivity index (χ1) is 6.24. The van der Waals surface area contributed by atoms with E-state index < -0.39 is 0 Å². The molecule has 0 spiro atoms. The number of hydrogen-bond donors (Lipinski definition) is 0. The first-order valence-corrected chi connectivity index (χ1v) is 4.70. The lowest BCUT2D eigenvalue weighted by Gasteiger charge is -2.08. The largest absolute Gasteiger partial charge is 0.463 e. The molecule has 1 saturated heterocycles. The molecule has 0 bridgehead atoms. The molecule has 0 aromatic heterocycles. The van der Waals surface area contributed by atoms with Crippen molar-refractivity contribution >= 4 is 5.97 Å². The Morgan fingerprint density at radius 2 is 2.46 bits per heavy atom. The summed E-state index contributed by atoms with van der Waals surface area (Å²) in [6.45, 7) is 4.94. The van der Waals surface area contributed by atoms with Gasteiger partial charge in [-0.15, -0.1) is 0 Å². The zero-order chi connectivity index (χ0) is 9.68. The fourth-order valence-electron chi connectivity index (χ4n) is 1.40. The fraction of sp³-hybridized carbons (Fsp3) is 0.700. The Labute approximate surface area is 78.7 Å². The first kappa shape index (κ1) is 10.3. The SMILES string of the molecule is CCOC(=O)/C=C(/C)[C@H]1CCCO1. The number of esters is 1. The Hall–Kier alpha value is -0.830. The summed E-state index contributed by atoms with van der Waals surface area (Å²) in [6.07, 6.45) is 3.75. The molecule has 1 heterocycles. The van der Waals surface area contributed by atoms with Crippen LogP contribution in [0.5, 0.6) is 0 Å². The molecule has 1 aliphatic heterocycles. The van der Waals surface area contributed by atoms with Gasteiger partial charge in [0.05, 0.1) is 12.7 Å². The van der Waals surface area contributed by atoms with E-state index in [2.05, 4.69) is 0 Å². The van der Waals surface area contributed by atoms with Crippen molar-refractivity contribution in [3.8, 4) is 0 Å². The van der Waals surface area contributed by atoms with Gasteiger partial charge in [0.15, 0.2) is 0 Å². The first-order valence-electron chi connectivity index (χ1n) is 4.70. The third-order valence-corrected chi connectivity index (χ3v) is 2.07. The molecule has 0 aromatic rings. The second-order valence-electron chi connectivity index (χ2n) is 3.14. The third-order valence-electron chi connectivity index (χ3n) is 2.07. The average Bonchev–Trinajstić information content (AvgIpc) is 2.55. The minimum absolute atomic E-state index is 0.129. The van der Waals surface area contributed by atoms with Gasteiger partial charge in [-0.2, -0.15) is 0 Å². The molecule has 1 fully saturated rings. The van der Waals surface area contributed by atoms with Gasteiger partial charge in [-0.3, -0.25) is 0 Å². The normalized spacial score (nSPS) is 23.2. The van der Waals surface area contributed by atoms with Crippen LogP contribution in [0.15, 0.2) is 11.6 Å². The molecule has 0 aliphatic carbocycles. The van der Waals surface area contributed by atoms with Gasteiger partial charge in [0, 0.05) is 12.7 Å². The molecule has 1 atom stereocenters. The molecule has 74 valence electrons. The van der Waals surface area contributed by atoms with Gasteiger partial charge in [0.1, 0.15) is 0 Å². The van der Waals surface area contributed by atoms with Crippen LogP contribution >= 0.6 is 0 Å². The van der Waals surface area contributed by atoms with Crippen molar-refractivity contribution in [3.63, 3.8) is 0 Å². The minimum atomic E-state index is -0.268. The Morgan fingerprint density at radius 3 is 3.00 bits per heavy atom. The molecule has 0 unspecified atom stereocenters. The zero-order valence-electron chi connectivity index (χ0n) is 8.21. The summed E-state index contributed by atoms with van der Waals surface area (Å²) in [5.74, 6) is -0.268. The van der Waals surface area contributed by atoms with Crippen molar-refractivity contribution in [1.29, 1.82) is 0 Å². The van der Waals surface area contributed by atoms with E-state index in [0.717, 1.165) is 25.0 Å². The maximum absolute atomic E-state index is 11.1. The van der Waals surface area contributed by atoms with Crippen LogP contribution in [0.4, 0.5) is 0 Å². The molecule has 1 aliphatic rings. The summed E-state index contributed by atoms with van der Waals surface area (Å²) in [7, 11) is 0. The number of carbonyl (C=O) groups excluding carboxylic acids is 1. The van der Waals surface area contributed by atoms with Crippen LogP contribution in [-0.2, 0) is 14.3 Å². The summed E-state index contributed by atoms with van der Waals surface area (Å²) in [5, 5.41) is 0. The van der Waals surface area contributed by atoms with Crippen molar-refractivity contribution in [2.45, 2.75) is 32.8 Å². The number of carbonyl (C=O) groups is 1. The van der Waals surface area contributed by atoms with E-state index in [-0.39, 0.29) is 12.1 Å². The molecule has 0 saturated carbocycles. The van der Waals surface area contributed by atoms with Crippen LogP contribution in [0.2, 0.25) is 0 Å². The molecule has 3 heteroatoms. The van der Waals surface area contributed by atoms with Gasteiger partial charge in [0.2, 0.25) is 0 Å². The zero-order valence-corrected chi connectivity index (χ0v) is 8.21. The van der Waals surface area contributed by atoms with E-state index in [1.165, 1.54) is 6.08 Å². The lowest BCUT2D eigenvalue weighted by molar-refractivity contribution is -0.137. The molecular formula is C10H16O3. The van der Waals surface area contributed by atoms with Crippen molar-refractivity contribution in [3.05, 3.63) is 11.6 Å². The summed E-state index contributed by atoms with van der Waals surface area (Å²) >= 11 is 0. The van der Waals surface area contributed by atoms with Crippen LogP contribution in [0.25, 0.3) is 0 Å². The monoisotopic (exact) mass is 184 g/mol. The molecule has 13 heavy (non-hydrogen) atoms. The highest BCUT2D eigenvalue weighted by atomic mass is 16.5. The molecular weight excluding hydrogens is 168 g/mol. The molecule has 3 nitrogen and oxygen atoms in total. The predicted octanol–water partition coefficient (Wildman–Crippen LogP) is 1.67. The van der Waals surface area contributed by atoms with Gasteiger partial charge in [-0.05, 0) is 32.3 Å². The third kappa shape index (κ3) is 3.19. The highest BCUT2D eigenvalue weighted by Gasteiger charge is 2.17. The van der Waals surface area contributed by atoms with Crippen molar-refractivity contribution in [1.82, 2.24) is 0 Å². The lowest BCUT2D eigenvalue weighted by Crippen LogP contribution is -2.09. The standard InChI is InChI=1S/C10H16O3/c1-3-12-10(11)7-8(2)9-5-4-6-13-9/h7,9H,3-6H2,1-2H3/b8-7-/t9-/m1/s1. The number of hydrogen-bond acceptors (Lipinski definition) is 3. The van der Waals surface area contributed by atoms with Crippen molar-refractivity contribution < 1.29 is 14.3 Å². The Morgan fingerprint density at radius 1 is 1.69 bits per heavy atom. The Bertz CT molecular complexity index is 202. The van der Waals surface area contributed by atoms with E-state index in [0.29, 0.717) is 6.61 Å². The van der Waals surface area contributed by atoms with Gasteiger partial charge < -0.3 is 9.47 Å². The molecule has 0 aromatic carbocycles. The number of ether oxygens (including phenoxy) is 2. The second kappa shape index (κ2) is 5.02. The molecule has 0 amide bonds. The van der Waals surface area contributed by atoms with Crippen LogP contribution < -0.4 is 0 Å². The molecule has 0 radical (unpaired) electrons. The fourth-order valence-corrected chi connectivity index (χ4v) is 1.40. The molecule has 0 N–H and O–H groups in total. The van der Waals surface area contributed by atoms with Gasteiger partial charge in [-0.1, -0.05) is 0 Å². The summed E-state index contributed by atoms with van der Waals surface area (Å²) < 4.78 is 10.2. The van der Waals surface area contributed by atoms with Crippen LogP contribution in [0, 0.1) is 0 Å². The maximum atomic E-state index is 11.1. The van der Waals surface area contributed by atoms with Crippen LogP contribution in [-0.4, -0.2) is 25.3 Å². The quantitative estimate of drug-likeness (QED) is 0.494. The maximum Gasteiger partial charge on any atom is 0.330 e. The van der Waals surface area contributed by atoms with Gasteiger partial charge in [0.25, 0.3) is 0 Å². The Balaban J connectivity index is 2.44. The summed E-state index contributed by atoms with van der Waals surface area (Å²) in [4.78, 5) is 11.1. The predicted molar refractivity (Wildman–Crippen MR) is 49.4 cm³/mol. The van der Waals surface area contributed by atoms with Crippen LogP contribution in [0.1, 0.15) is 26.7 Å². The van der Waals surface area contributed by atoms with E-state index in [1.807, 2.05) is 6.92 Å². The van der Waals surface area contributed by atoms with E-state index in [4.69, 9.17) is 9.47 Å².